The van der Waals surface area contributed by atoms with Crippen LogP contribution in [0.4, 0.5) is 0 Å². The number of nitrogens with zero attached hydrogens (tertiary/aromatic N) is 3. The first-order valence-corrected chi connectivity index (χ1v) is 9.67. The zero-order valence-electron chi connectivity index (χ0n) is 12.8. The monoisotopic (exact) mass is 409 g/mol. The van der Waals surface area contributed by atoms with Crippen LogP contribution >= 0.6 is 15.9 Å². The maximum absolute atomic E-state index is 12.6. The highest BCUT2D eigenvalue weighted by Gasteiger charge is 2.30. The summed E-state index contributed by atoms with van der Waals surface area (Å²) >= 11 is 3.30. The minimum absolute atomic E-state index is 0.121. The molecule has 1 saturated heterocycles. The molecule has 6 nitrogen and oxygen atoms in total. The number of pyridine rings is 1. The highest BCUT2D eigenvalue weighted by atomic mass is 79.9. The van der Waals surface area contributed by atoms with Crippen molar-refractivity contribution in [2.75, 3.05) is 26.2 Å². The topological polar surface area (TPSA) is 70.6 Å². The first-order valence-electron chi connectivity index (χ1n) is 7.43. The molecule has 1 amide bonds. The van der Waals surface area contributed by atoms with Crippen LogP contribution in [0.5, 0.6) is 0 Å². The number of amides is 1. The van der Waals surface area contributed by atoms with E-state index in [1.807, 2.05) is 0 Å². The van der Waals surface area contributed by atoms with Crippen molar-refractivity contribution < 1.29 is 13.2 Å². The van der Waals surface area contributed by atoms with Crippen molar-refractivity contribution in [3.05, 3.63) is 58.8 Å². The predicted molar refractivity (Wildman–Crippen MR) is 93.0 cm³/mol. The second-order valence-corrected chi connectivity index (χ2v) is 8.25. The van der Waals surface area contributed by atoms with Crippen LogP contribution in [0.2, 0.25) is 0 Å². The standard InChI is InChI=1S/C16H16BrN3O3S/c17-14-3-5-15(6-4-14)24(22,23)20-10-8-19(9-11-20)16(21)13-2-1-7-18-12-13/h1-7,12H,8-11H2. The van der Waals surface area contributed by atoms with Crippen LogP contribution in [0.25, 0.3) is 0 Å². The molecular weight excluding hydrogens is 394 g/mol. The van der Waals surface area contributed by atoms with Crippen molar-refractivity contribution in [3.8, 4) is 0 Å². The number of hydrogen-bond acceptors (Lipinski definition) is 4. The number of carbonyl (C=O) groups excluding carboxylic acids is 1. The van der Waals surface area contributed by atoms with Crippen LogP contribution in [-0.4, -0.2) is 54.7 Å². The Morgan fingerprint density at radius 2 is 1.71 bits per heavy atom. The Balaban J connectivity index is 1.68. The van der Waals surface area contributed by atoms with Gasteiger partial charge in [0.15, 0.2) is 0 Å². The Labute approximate surface area is 149 Å². The second kappa shape index (κ2) is 7.00. The molecule has 1 aliphatic rings. The fraction of sp³-hybridized carbons (Fsp3) is 0.250. The number of rotatable bonds is 3. The third-order valence-electron chi connectivity index (χ3n) is 3.89. The van der Waals surface area contributed by atoms with Gasteiger partial charge in [0, 0.05) is 43.0 Å². The van der Waals surface area contributed by atoms with Crippen LogP contribution in [0.3, 0.4) is 0 Å². The first kappa shape index (κ1) is 17.1. The van der Waals surface area contributed by atoms with Gasteiger partial charge >= 0.3 is 0 Å². The molecule has 0 unspecified atom stereocenters. The number of benzene rings is 1. The van der Waals surface area contributed by atoms with Gasteiger partial charge in [0.25, 0.3) is 5.91 Å². The Hall–Kier alpha value is -1.77. The molecule has 3 rings (SSSR count). The maximum Gasteiger partial charge on any atom is 0.255 e. The van der Waals surface area contributed by atoms with Crippen molar-refractivity contribution in [2.45, 2.75) is 4.90 Å². The molecule has 2 aromatic rings. The normalized spacial score (nSPS) is 16.1. The summed E-state index contributed by atoms with van der Waals surface area (Å²) in [4.78, 5) is 18.2. The molecule has 0 radical (unpaired) electrons. The molecule has 0 aliphatic carbocycles. The Bertz CT molecular complexity index is 817. The van der Waals surface area contributed by atoms with Gasteiger partial charge in [0.2, 0.25) is 10.0 Å². The van der Waals surface area contributed by atoms with Gasteiger partial charge in [0.1, 0.15) is 0 Å². The van der Waals surface area contributed by atoms with Crippen LogP contribution in [0.15, 0.2) is 58.2 Å². The van der Waals surface area contributed by atoms with E-state index >= 15 is 0 Å². The van der Waals surface area contributed by atoms with E-state index in [1.165, 1.54) is 10.5 Å². The summed E-state index contributed by atoms with van der Waals surface area (Å²) in [5, 5.41) is 0. The first-order chi connectivity index (χ1) is 11.5. The lowest BCUT2D eigenvalue weighted by atomic mass is 10.2. The average Bonchev–Trinajstić information content (AvgIpc) is 2.62. The SMILES string of the molecule is O=C(c1cccnc1)N1CCN(S(=O)(=O)c2ccc(Br)cc2)CC1. The van der Waals surface area contributed by atoms with Crippen LogP contribution in [-0.2, 0) is 10.0 Å². The summed E-state index contributed by atoms with van der Waals surface area (Å²) < 4.78 is 27.5. The summed E-state index contributed by atoms with van der Waals surface area (Å²) in [5.41, 5.74) is 0.515. The minimum atomic E-state index is -3.53. The minimum Gasteiger partial charge on any atom is -0.336 e. The van der Waals surface area contributed by atoms with E-state index < -0.39 is 10.0 Å². The largest absolute Gasteiger partial charge is 0.336 e. The fourth-order valence-electron chi connectivity index (χ4n) is 2.56. The second-order valence-electron chi connectivity index (χ2n) is 5.39. The number of carbonyl (C=O) groups is 1. The van der Waals surface area contributed by atoms with Crippen molar-refractivity contribution in [1.82, 2.24) is 14.2 Å². The third kappa shape index (κ3) is 3.50. The molecule has 126 valence electrons. The molecule has 24 heavy (non-hydrogen) atoms. The van der Waals surface area contributed by atoms with Crippen molar-refractivity contribution in [3.63, 3.8) is 0 Å². The zero-order chi connectivity index (χ0) is 17.2. The molecule has 1 aromatic heterocycles. The number of aromatic nitrogens is 1. The number of hydrogen-bond donors (Lipinski definition) is 0. The molecule has 1 aromatic carbocycles. The lowest BCUT2D eigenvalue weighted by Crippen LogP contribution is -2.50. The third-order valence-corrected chi connectivity index (χ3v) is 6.33. The summed E-state index contributed by atoms with van der Waals surface area (Å²) in [6.45, 7) is 1.29. The van der Waals surface area contributed by atoms with E-state index in [2.05, 4.69) is 20.9 Å². The molecule has 0 saturated carbocycles. The number of piperazine rings is 1. The molecule has 0 spiro atoms. The predicted octanol–water partition coefficient (Wildman–Crippen LogP) is 1.99. The van der Waals surface area contributed by atoms with Gasteiger partial charge in [-0.05, 0) is 36.4 Å². The summed E-state index contributed by atoms with van der Waals surface area (Å²) in [5.74, 6) is -0.121. The molecule has 2 heterocycles. The molecule has 1 aliphatic heterocycles. The smallest absolute Gasteiger partial charge is 0.255 e. The Kier molecular flexibility index (Phi) is 4.98. The molecule has 0 bridgehead atoms. The van der Waals surface area contributed by atoms with Gasteiger partial charge < -0.3 is 4.90 Å². The van der Waals surface area contributed by atoms with Crippen molar-refractivity contribution in [2.24, 2.45) is 0 Å². The highest BCUT2D eigenvalue weighted by Crippen LogP contribution is 2.20. The Morgan fingerprint density at radius 3 is 2.29 bits per heavy atom. The van der Waals surface area contributed by atoms with E-state index in [-0.39, 0.29) is 23.9 Å². The van der Waals surface area contributed by atoms with E-state index in [1.54, 1.807) is 47.5 Å². The van der Waals surface area contributed by atoms with Crippen LogP contribution in [0, 0.1) is 0 Å². The summed E-state index contributed by atoms with van der Waals surface area (Å²) in [7, 11) is -3.53. The van der Waals surface area contributed by atoms with E-state index in [0.717, 1.165) is 4.47 Å². The quantitative estimate of drug-likeness (QED) is 0.776. The van der Waals surface area contributed by atoms with Gasteiger partial charge in [-0.2, -0.15) is 4.31 Å². The van der Waals surface area contributed by atoms with Gasteiger partial charge in [-0.15, -0.1) is 0 Å². The summed E-state index contributed by atoms with van der Waals surface area (Å²) in [6.07, 6.45) is 3.13. The summed E-state index contributed by atoms with van der Waals surface area (Å²) in [6, 6.07) is 9.98. The van der Waals surface area contributed by atoms with Gasteiger partial charge in [-0.3, -0.25) is 9.78 Å². The van der Waals surface area contributed by atoms with E-state index in [0.29, 0.717) is 18.7 Å². The maximum atomic E-state index is 12.6. The average molecular weight is 410 g/mol. The molecule has 0 N–H and O–H groups in total. The molecule has 0 atom stereocenters. The van der Waals surface area contributed by atoms with Gasteiger partial charge in [0.05, 0.1) is 10.5 Å². The van der Waals surface area contributed by atoms with Crippen molar-refractivity contribution in [1.29, 1.82) is 0 Å². The number of sulfonamides is 1. The lowest BCUT2D eigenvalue weighted by Gasteiger charge is -2.34. The highest BCUT2D eigenvalue weighted by molar-refractivity contribution is 9.10. The number of halogens is 1. The fourth-order valence-corrected chi connectivity index (χ4v) is 4.25. The molecule has 8 heteroatoms. The van der Waals surface area contributed by atoms with Crippen LogP contribution in [0.1, 0.15) is 10.4 Å². The molecular formula is C16H16BrN3O3S. The van der Waals surface area contributed by atoms with Gasteiger partial charge in [-0.1, -0.05) is 15.9 Å². The zero-order valence-corrected chi connectivity index (χ0v) is 15.2. The lowest BCUT2D eigenvalue weighted by molar-refractivity contribution is 0.0697. The van der Waals surface area contributed by atoms with E-state index in [9.17, 15) is 13.2 Å². The van der Waals surface area contributed by atoms with Gasteiger partial charge in [-0.25, -0.2) is 8.42 Å². The van der Waals surface area contributed by atoms with Crippen molar-refractivity contribution >= 4 is 31.9 Å². The Morgan fingerprint density at radius 1 is 1.04 bits per heavy atom. The van der Waals surface area contributed by atoms with Crippen LogP contribution < -0.4 is 0 Å². The van der Waals surface area contributed by atoms with E-state index in [4.69, 9.17) is 0 Å². The molecule has 1 fully saturated rings.